The van der Waals surface area contributed by atoms with Gasteiger partial charge in [0.2, 0.25) is 11.8 Å². The van der Waals surface area contributed by atoms with Crippen LogP contribution in [0.1, 0.15) is 32.1 Å². The maximum atomic E-state index is 14.1. The number of unbranched alkanes of at least 4 members (excludes halogenated alkanes) is 2. The molecule has 2 bridgehead atoms. The topological polar surface area (TPSA) is 111 Å². The molecule has 2 amide bonds. The lowest BCUT2D eigenvalue weighted by atomic mass is 9.71. The van der Waals surface area contributed by atoms with E-state index in [0.29, 0.717) is 52.1 Å². The van der Waals surface area contributed by atoms with E-state index in [4.69, 9.17) is 9.84 Å². The molecule has 2 unspecified atom stereocenters. The number of carbonyl (C=O) groups excluding carboxylic acids is 2. The summed E-state index contributed by atoms with van der Waals surface area (Å²) in [4.78, 5) is 45.6. The van der Waals surface area contributed by atoms with Crippen LogP contribution in [0.15, 0.2) is 12.7 Å². The normalized spacial score (nSPS) is 32.7. The van der Waals surface area contributed by atoms with E-state index in [2.05, 4.69) is 11.5 Å². The third-order valence-electron chi connectivity index (χ3n) is 7.83. The summed E-state index contributed by atoms with van der Waals surface area (Å²) in [7, 11) is 0. The number of likely N-dealkylation sites (tertiary alicyclic amines) is 1. The number of amides is 2. The third-order valence-corrected chi connectivity index (χ3v) is 9.78. The number of aliphatic carboxylic acids is 1. The molecule has 34 heavy (non-hydrogen) atoms. The molecule has 4 saturated heterocycles. The monoisotopic (exact) mass is 495 g/mol. The van der Waals surface area contributed by atoms with E-state index < -0.39 is 28.6 Å². The fourth-order valence-corrected chi connectivity index (χ4v) is 8.44. The van der Waals surface area contributed by atoms with Gasteiger partial charge in [0.25, 0.3) is 0 Å². The first-order valence-electron chi connectivity index (χ1n) is 12.5. The Morgan fingerprint density at radius 3 is 2.68 bits per heavy atom. The zero-order chi connectivity index (χ0) is 24.3. The van der Waals surface area contributed by atoms with Crippen LogP contribution in [0.5, 0.6) is 0 Å². The summed E-state index contributed by atoms with van der Waals surface area (Å²) < 4.78 is 4.75. The van der Waals surface area contributed by atoms with Gasteiger partial charge in [0.15, 0.2) is 0 Å². The van der Waals surface area contributed by atoms with Gasteiger partial charge in [-0.05, 0) is 32.1 Å². The Morgan fingerprint density at radius 1 is 1.24 bits per heavy atom. The highest BCUT2D eigenvalue weighted by Crippen LogP contribution is 2.66. The molecule has 0 aliphatic carbocycles. The van der Waals surface area contributed by atoms with Crippen LogP contribution in [-0.4, -0.2) is 118 Å². The van der Waals surface area contributed by atoms with E-state index in [1.807, 2.05) is 0 Å². The van der Waals surface area contributed by atoms with Crippen molar-refractivity contribution in [1.82, 2.24) is 14.7 Å². The molecule has 4 fully saturated rings. The smallest absolute Gasteiger partial charge is 0.308 e. The van der Waals surface area contributed by atoms with Crippen molar-refractivity contribution in [3.63, 3.8) is 0 Å². The second-order valence-electron chi connectivity index (χ2n) is 9.74. The van der Waals surface area contributed by atoms with Crippen LogP contribution in [0.4, 0.5) is 0 Å². The van der Waals surface area contributed by atoms with Crippen LogP contribution in [0, 0.1) is 11.8 Å². The summed E-state index contributed by atoms with van der Waals surface area (Å²) in [5.74, 6) is -2.59. The second kappa shape index (κ2) is 11.0. The molecule has 4 rings (SSSR count). The molecule has 0 saturated carbocycles. The number of ether oxygens (including phenoxy) is 1. The molecule has 4 aliphatic rings. The van der Waals surface area contributed by atoms with Crippen molar-refractivity contribution in [2.75, 3.05) is 59.1 Å². The number of aliphatic hydroxyl groups excluding tert-OH is 1. The van der Waals surface area contributed by atoms with E-state index in [9.17, 15) is 19.5 Å². The molecule has 0 radical (unpaired) electrons. The first-order valence-corrected chi connectivity index (χ1v) is 13.3. The zero-order valence-corrected chi connectivity index (χ0v) is 20.6. The summed E-state index contributed by atoms with van der Waals surface area (Å²) in [6.45, 7) is 9.04. The predicted molar refractivity (Wildman–Crippen MR) is 128 cm³/mol. The molecule has 5 atom stereocenters. The summed E-state index contributed by atoms with van der Waals surface area (Å²) in [6.07, 6.45) is 5.21. The Balaban J connectivity index is 1.57. The van der Waals surface area contributed by atoms with E-state index in [1.165, 1.54) is 0 Å². The molecule has 190 valence electrons. The Morgan fingerprint density at radius 2 is 2.00 bits per heavy atom. The highest BCUT2D eigenvalue weighted by atomic mass is 32.2. The molecule has 4 aliphatic heterocycles. The van der Waals surface area contributed by atoms with Crippen LogP contribution in [0.25, 0.3) is 0 Å². The number of thioether (sulfide) groups is 1. The number of carboxylic acids is 1. The lowest BCUT2D eigenvalue weighted by Gasteiger charge is -2.38. The number of aliphatic hydroxyl groups is 1. The molecular weight excluding hydrogens is 458 g/mol. The fourth-order valence-electron chi connectivity index (χ4n) is 6.23. The largest absolute Gasteiger partial charge is 0.481 e. The van der Waals surface area contributed by atoms with Gasteiger partial charge < -0.3 is 24.7 Å². The second-order valence-corrected chi connectivity index (χ2v) is 11.3. The summed E-state index contributed by atoms with van der Waals surface area (Å²) in [5, 5.41) is 19.0. The molecule has 1 spiro atoms. The summed E-state index contributed by atoms with van der Waals surface area (Å²) >= 11 is 1.57. The van der Waals surface area contributed by atoms with Gasteiger partial charge in [-0.15, -0.1) is 18.3 Å². The lowest BCUT2D eigenvalue weighted by molar-refractivity contribution is -0.148. The number of nitrogens with zero attached hydrogens (tertiary/aromatic N) is 3. The third kappa shape index (κ3) is 4.62. The highest BCUT2D eigenvalue weighted by Gasteiger charge is 2.73. The number of fused-ring (bicyclic) bond motifs is 1. The Bertz CT molecular complexity index is 791. The fraction of sp³-hybridized carbons (Fsp3) is 0.792. The van der Waals surface area contributed by atoms with E-state index in [1.54, 1.807) is 27.6 Å². The molecule has 2 N–H and O–H groups in total. The number of hydrogen-bond acceptors (Lipinski definition) is 7. The van der Waals surface area contributed by atoms with Gasteiger partial charge in [0, 0.05) is 51.1 Å². The quantitative estimate of drug-likeness (QED) is 0.300. The molecular formula is C24H37N3O6S. The predicted octanol–water partition coefficient (Wildman–Crippen LogP) is 0.672. The number of hydrogen-bond donors (Lipinski definition) is 2. The molecule has 0 aromatic heterocycles. The van der Waals surface area contributed by atoms with Crippen LogP contribution < -0.4 is 0 Å². The molecule has 0 aromatic rings. The van der Waals surface area contributed by atoms with Gasteiger partial charge in [0.1, 0.15) is 6.04 Å². The van der Waals surface area contributed by atoms with Crippen LogP contribution in [0.2, 0.25) is 0 Å². The van der Waals surface area contributed by atoms with Gasteiger partial charge in [0.05, 0.1) is 29.8 Å². The highest BCUT2D eigenvalue weighted by molar-refractivity contribution is 8.02. The van der Waals surface area contributed by atoms with Crippen LogP contribution >= 0.6 is 11.8 Å². The van der Waals surface area contributed by atoms with Crippen molar-refractivity contribution in [1.29, 1.82) is 0 Å². The van der Waals surface area contributed by atoms with Crippen molar-refractivity contribution in [2.24, 2.45) is 11.8 Å². The lowest BCUT2D eigenvalue weighted by Crippen LogP contribution is -2.56. The maximum absolute atomic E-state index is 14.1. The standard InChI is InChI=1S/C24H37N3O6S/c1-2-8-26(11-10-25-12-15-33-16-13-25)22(30)20-24-7-6-17(34-24)18(23(31)32)19(24)21(29)27(20)9-4-3-5-14-28/h2,17-20,28H,1,3-16H2,(H,31,32)/t17-,18+,19+,20?,24?/m1/s1. The van der Waals surface area contributed by atoms with Gasteiger partial charge in [-0.25, -0.2) is 0 Å². The van der Waals surface area contributed by atoms with Gasteiger partial charge >= 0.3 is 5.97 Å². The van der Waals surface area contributed by atoms with Crippen molar-refractivity contribution in [2.45, 2.75) is 48.1 Å². The van der Waals surface area contributed by atoms with E-state index >= 15 is 0 Å². The maximum Gasteiger partial charge on any atom is 0.308 e. The van der Waals surface area contributed by atoms with Crippen LogP contribution in [-0.2, 0) is 19.1 Å². The zero-order valence-electron chi connectivity index (χ0n) is 19.8. The number of carbonyl (C=O) groups is 3. The average Bonchev–Trinajstić information content (AvgIpc) is 3.47. The van der Waals surface area contributed by atoms with Crippen molar-refractivity contribution < 1.29 is 29.3 Å². The average molecular weight is 496 g/mol. The number of morpholine rings is 1. The van der Waals surface area contributed by atoms with Crippen molar-refractivity contribution >= 4 is 29.5 Å². The molecule has 9 nitrogen and oxygen atoms in total. The Labute approximate surface area is 205 Å². The van der Waals surface area contributed by atoms with Crippen LogP contribution in [0.3, 0.4) is 0 Å². The van der Waals surface area contributed by atoms with Gasteiger partial charge in [-0.3, -0.25) is 19.3 Å². The minimum absolute atomic E-state index is 0.0923. The van der Waals surface area contributed by atoms with E-state index in [-0.39, 0.29) is 23.7 Å². The summed E-state index contributed by atoms with van der Waals surface area (Å²) in [5.41, 5.74) is 0. The van der Waals surface area contributed by atoms with Gasteiger partial charge in [-0.1, -0.05) is 6.08 Å². The number of rotatable bonds is 12. The molecule has 4 heterocycles. The first-order chi connectivity index (χ1) is 16.4. The Hall–Kier alpha value is -1.62. The van der Waals surface area contributed by atoms with Gasteiger partial charge in [-0.2, -0.15) is 0 Å². The molecule has 0 aromatic carbocycles. The van der Waals surface area contributed by atoms with Crippen molar-refractivity contribution in [3.05, 3.63) is 12.7 Å². The number of carboxylic acid groups (broad SMARTS) is 1. The summed E-state index contributed by atoms with van der Waals surface area (Å²) in [6, 6.07) is -0.650. The van der Waals surface area contributed by atoms with Crippen molar-refractivity contribution in [3.8, 4) is 0 Å². The minimum Gasteiger partial charge on any atom is -0.481 e. The van der Waals surface area contributed by atoms with E-state index in [0.717, 1.165) is 32.5 Å². The minimum atomic E-state index is -0.930. The molecule has 10 heteroatoms. The Kier molecular flexibility index (Phi) is 8.22. The SMILES string of the molecule is C=CCN(CCN1CCOCC1)C(=O)C1N(CCCCCO)C(=O)[C@@H]2[C@@H](C(=O)O)[C@H]3CCC12S3. The first kappa shape index (κ1) is 25.5.